The van der Waals surface area contributed by atoms with Gasteiger partial charge >= 0.3 is 5.91 Å². The van der Waals surface area contributed by atoms with E-state index in [9.17, 15) is 4.79 Å². The summed E-state index contributed by atoms with van der Waals surface area (Å²) >= 11 is 0. The Labute approximate surface area is 262 Å². The van der Waals surface area contributed by atoms with Gasteiger partial charge in [-0.15, -0.1) is 0 Å². The predicted molar refractivity (Wildman–Crippen MR) is 183 cm³/mol. The third-order valence-electron chi connectivity index (χ3n) is 8.75. The van der Waals surface area contributed by atoms with Gasteiger partial charge in [0.1, 0.15) is 13.1 Å². The molecule has 0 atom stereocenters. The van der Waals surface area contributed by atoms with Gasteiger partial charge in [-0.3, -0.25) is 0 Å². The lowest BCUT2D eigenvalue weighted by molar-refractivity contribution is -0.891. The zero-order chi connectivity index (χ0) is 30.9. The van der Waals surface area contributed by atoms with Crippen LogP contribution in [0.5, 0.6) is 0 Å². The minimum absolute atomic E-state index is 0.143. The molecule has 244 valence electrons. The molecule has 5 heteroatoms. The van der Waals surface area contributed by atoms with Gasteiger partial charge in [0.2, 0.25) is 0 Å². The number of amides is 1. The molecule has 1 rings (SSSR count). The van der Waals surface area contributed by atoms with Crippen LogP contribution in [0.3, 0.4) is 0 Å². The predicted octanol–water partition coefficient (Wildman–Crippen LogP) is 8.91. The molecule has 1 heterocycles. The first-order valence-electron chi connectivity index (χ1n) is 18.0. The lowest BCUT2D eigenvalue weighted by atomic mass is 10.0. The van der Waals surface area contributed by atoms with Crippen molar-refractivity contribution in [2.45, 2.75) is 148 Å². The van der Waals surface area contributed by atoms with Gasteiger partial charge in [-0.25, -0.2) is 14.7 Å². The Morgan fingerprint density at radius 1 is 0.619 bits per heavy atom. The Kier molecular flexibility index (Phi) is 22.0. The molecule has 0 aliphatic heterocycles. The molecular formula is C37H73N4O+3. The van der Waals surface area contributed by atoms with Crippen molar-refractivity contribution in [3.05, 3.63) is 24.4 Å². The van der Waals surface area contributed by atoms with Crippen LogP contribution in [0.1, 0.15) is 142 Å². The number of aromatic nitrogens is 1. The van der Waals surface area contributed by atoms with Crippen LogP contribution in [-0.2, 0) is 11.3 Å². The van der Waals surface area contributed by atoms with Crippen molar-refractivity contribution >= 4 is 11.7 Å². The van der Waals surface area contributed by atoms with Crippen molar-refractivity contribution in [2.75, 3.05) is 60.2 Å². The second-order valence-electron chi connectivity index (χ2n) is 14.7. The highest BCUT2D eigenvalue weighted by atomic mass is 16.1. The van der Waals surface area contributed by atoms with Gasteiger partial charge in [-0.05, 0) is 38.2 Å². The van der Waals surface area contributed by atoms with Crippen molar-refractivity contribution < 1.29 is 18.3 Å². The molecule has 0 aromatic carbocycles. The molecule has 0 unspecified atom stereocenters. The number of hydrogen-bond donors (Lipinski definition) is 1. The smallest absolute Gasteiger partial charge is 0.307 e. The molecule has 0 saturated heterocycles. The highest BCUT2D eigenvalue weighted by molar-refractivity contribution is 5.88. The standard InChI is InChI=1S/C37H72N4O/c1-7-8-9-10-11-12-13-14-16-19-22-27-33-41(5,6)34-28-23-20-17-15-18-21-24-30-37(42)38-36-29-25-26-31-39(36)32-35-40(2,3)4/h25-26,29,31H,7-24,27-28,30,32-35H2,1-6H3/q+2/p+1. The second kappa shape index (κ2) is 23.9. The molecule has 0 spiro atoms. The maximum atomic E-state index is 12.5. The Morgan fingerprint density at radius 3 is 1.55 bits per heavy atom. The molecule has 0 fully saturated rings. The number of nitrogens with one attached hydrogen (secondary N) is 1. The molecule has 0 aliphatic rings. The number of unbranched alkanes of at least 4 members (excludes halogenated alkanes) is 18. The van der Waals surface area contributed by atoms with Gasteiger partial charge in [0, 0.05) is 12.5 Å². The summed E-state index contributed by atoms with van der Waals surface area (Å²) in [6.45, 7) is 6.88. The molecule has 0 saturated carbocycles. The molecule has 0 bridgehead atoms. The summed E-state index contributed by atoms with van der Waals surface area (Å²) in [5, 5.41) is 3.13. The van der Waals surface area contributed by atoms with Gasteiger partial charge in [-0.1, -0.05) is 109 Å². The summed E-state index contributed by atoms with van der Waals surface area (Å²) in [6, 6.07) is 6.04. The van der Waals surface area contributed by atoms with E-state index in [1.165, 1.54) is 133 Å². The number of likely N-dealkylation sites (N-methyl/N-ethyl adjacent to an activating group) is 1. The van der Waals surface area contributed by atoms with Crippen molar-refractivity contribution in [1.29, 1.82) is 0 Å². The number of pyridine rings is 1. The highest BCUT2D eigenvalue weighted by Crippen LogP contribution is 2.15. The molecule has 5 nitrogen and oxygen atoms in total. The Balaban J connectivity index is 1.96. The maximum absolute atomic E-state index is 12.5. The fraction of sp³-hybridized carbons (Fsp3) is 0.838. The summed E-state index contributed by atoms with van der Waals surface area (Å²) < 4.78 is 4.26. The summed E-state index contributed by atoms with van der Waals surface area (Å²) in [5.41, 5.74) is 0. The third-order valence-corrected chi connectivity index (χ3v) is 8.75. The summed E-state index contributed by atoms with van der Waals surface area (Å²) in [4.78, 5) is 12.5. The van der Waals surface area contributed by atoms with Crippen LogP contribution in [0.2, 0.25) is 0 Å². The highest BCUT2D eigenvalue weighted by Gasteiger charge is 2.16. The number of rotatable bonds is 28. The van der Waals surface area contributed by atoms with Crippen LogP contribution in [0.25, 0.3) is 0 Å². The van der Waals surface area contributed by atoms with Gasteiger partial charge in [-0.2, -0.15) is 0 Å². The number of anilines is 1. The van der Waals surface area contributed by atoms with Crippen LogP contribution in [-0.4, -0.2) is 69.7 Å². The van der Waals surface area contributed by atoms with Gasteiger partial charge in [0.15, 0.2) is 0 Å². The fourth-order valence-corrected chi connectivity index (χ4v) is 5.78. The van der Waals surface area contributed by atoms with Crippen LogP contribution < -0.4 is 9.88 Å². The number of nitrogens with zero attached hydrogens (tertiary/aromatic N) is 3. The average molecular weight is 590 g/mol. The first-order chi connectivity index (χ1) is 20.1. The van der Waals surface area contributed by atoms with Crippen molar-refractivity contribution in [3.63, 3.8) is 0 Å². The van der Waals surface area contributed by atoms with Crippen LogP contribution in [0.15, 0.2) is 24.4 Å². The van der Waals surface area contributed by atoms with Crippen molar-refractivity contribution in [2.24, 2.45) is 0 Å². The second-order valence-corrected chi connectivity index (χ2v) is 14.7. The molecule has 42 heavy (non-hydrogen) atoms. The van der Waals surface area contributed by atoms with E-state index in [1.54, 1.807) is 0 Å². The van der Waals surface area contributed by atoms with Gasteiger partial charge in [0.25, 0.3) is 5.82 Å². The normalized spacial score (nSPS) is 12.1. The molecule has 1 aromatic rings. The van der Waals surface area contributed by atoms with Crippen molar-refractivity contribution in [1.82, 2.24) is 0 Å². The monoisotopic (exact) mass is 590 g/mol. The zero-order valence-corrected chi connectivity index (χ0v) is 29.2. The van der Waals surface area contributed by atoms with E-state index in [2.05, 4.69) is 58.2 Å². The quantitative estimate of drug-likeness (QED) is 0.0591. The maximum Gasteiger partial charge on any atom is 0.307 e. The number of carbonyl (C=O) groups is 1. The zero-order valence-electron chi connectivity index (χ0n) is 29.2. The molecule has 0 aliphatic carbocycles. The van der Waals surface area contributed by atoms with Crippen molar-refractivity contribution in [3.8, 4) is 0 Å². The lowest BCUT2D eigenvalue weighted by Gasteiger charge is -2.30. The largest absolute Gasteiger partial charge is 0.328 e. The van der Waals surface area contributed by atoms with E-state index in [0.29, 0.717) is 6.42 Å². The number of quaternary nitrogens is 2. The summed E-state index contributed by atoms with van der Waals surface area (Å²) in [7, 11) is 11.4. The Hall–Kier alpha value is -1.46. The van der Waals surface area contributed by atoms with Crippen LogP contribution in [0, 0.1) is 0 Å². The molecule has 0 radical (unpaired) electrons. The molecule has 1 amide bonds. The van der Waals surface area contributed by atoms with Crippen LogP contribution >= 0.6 is 0 Å². The summed E-state index contributed by atoms with van der Waals surface area (Å²) in [6.07, 6.45) is 30.0. The topological polar surface area (TPSA) is 33.0 Å². The molecule has 1 N–H and O–H groups in total. The first-order valence-corrected chi connectivity index (χ1v) is 18.0. The lowest BCUT2D eigenvalue weighted by Crippen LogP contribution is -2.47. The minimum atomic E-state index is 0.143. The summed E-state index contributed by atoms with van der Waals surface area (Å²) in [5.74, 6) is 1.05. The van der Waals surface area contributed by atoms with E-state index < -0.39 is 0 Å². The van der Waals surface area contributed by atoms with E-state index in [4.69, 9.17) is 0 Å². The van der Waals surface area contributed by atoms with Gasteiger partial charge < -0.3 is 8.97 Å². The van der Waals surface area contributed by atoms with E-state index in [1.807, 2.05) is 18.2 Å². The molecular weight excluding hydrogens is 516 g/mol. The average Bonchev–Trinajstić information content (AvgIpc) is 2.93. The molecule has 1 aromatic heterocycles. The van der Waals surface area contributed by atoms with E-state index in [0.717, 1.165) is 36.2 Å². The number of hydrogen-bond acceptors (Lipinski definition) is 1. The number of carbonyl (C=O) groups excluding carboxylic acids is 1. The third kappa shape index (κ3) is 23.1. The van der Waals surface area contributed by atoms with Gasteiger partial charge in [0.05, 0.1) is 54.5 Å². The Morgan fingerprint density at radius 2 is 1.07 bits per heavy atom. The van der Waals surface area contributed by atoms with E-state index >= 15 is 0 Å². The Bertz CT molecular complexity index is 786. The van der Waals surface area contributed by atoms with Crippen LogP contribution in [0.4, 0.5) is 5.82 Å². The minimum Gasteiger partial charge on any atom is -0.328 e. The first kappa shape index (κ1) is 38.6. The fourth-order valence-electron chi connectivity index (χ4n) is 5.78. The van der Waals surface area contributed by atoms with E-state index in [-0.39, 0.29) is 5.91 Å². The SMILES string of the molecule is CCCCCCCCCCCCCC[N+](C)(C)CCCCCCCCCCC(=O)Nc1cccc[n+]1CC[N+](C)(C)C.